The Morgan fingerprint density at radius 3 is 1.11 bits per heavy atom. The van der Waals surface area contributed by atoms with Gasteiger partial charge in [0.15, 0.2) is 11.4 Å². The summed E-state index contributed by atoms with van der Waals surface area (Å²) in [6, 6.07) is 14.6. The zero-order valence-corrected chi connectivity index (χ0v) is 25.4. The molecule has 0 aliphatic carbocycles. The minimum absolute atomic E-state index is 0.0378. The van der Waals surface area contributed by atoms with Crippen LogP contribution in [0.25, 0.3) is 11.4 Å². The molecule has 44 heavy (non-hydrogen) atoms. The summed E-state index contributed by atoms with van der Waals surface area (Å²) in [5.74, 6) is -2.75. The Morgan fingerprint density at radius 1 is 0.523 bits per heavy atom. The van der Waals surface area contributed by atoms with Crippen molar-refractivity contribution in [3.63, 3.8) is 0 Å². The van der Waals surface area contributed by atoms with Gasteiger partial charge < -0.3 is 18.9 Å². The fourth-order valence-corrected chi connectivity index (χ4v) is 3.74. The van der Waals surface area contributed by atoms with Crippen LogP contribution in [0.4, 0.5) is 0 Å². The van der Waals surface area contributed by atoms with Gasteiger partial charge in [-0.15, -0.1) is 10.2 Å². The molecule has 0 amide bonds. The van der Waals surface area contributed by atoms with Crippen LogP contribution in [0, 0.1) is 13.8 Å². The third-order valence-electron chi connectivity index (χ3n) is 5.77. The Bertz CT molecular complexity index is 1470. The maximum absolute atomic E-state index is 12.2. The predicted molar refractivity (Wildman–Crippen MR) is 156 cm³/mol. The van der Waals surface area contributed by atoms with Crippen LogP contribution in [-0.2, 0) is 18.9 Å². The summed E-state index contributed by atoms with van der Waals surface area (Å²) in [4.78, 5) is 48.2. The molecule has 0 fully saturated rings. The van der Waals surface area contributed by atoms with Gasteiger partial charge in [0.2, 0.25) is 11.4 Å². The van der Waals surface area contributed by atoms with Gasteiger partial charge in [0.25, 0.3) is 0 Å². The number of carbonyl (C=O) groups is 4. The molecule has 0 bridgehead atoms. The molecule has 232 valence electrons. The molecule has 14 heteroatoms. The number of aryl methyl sites for hydroxylation is 2. The topological polar surface area (TPSA) is 167 Å². The van der Waals surface area contributed by atoms with Crippen molar-refractivity contribution in [2.45, 2.75) is 41.5 Å². The largest absolute Gasteiger partial charge is 0.461 e. The van der Waals surface area contributed by atoms with Gasteiger partial charge in [0, 0.05) is 0 Å². The SMILES string of the molecule is CCOC(=O)c1nnn(-c2ccc(C)cc2)c1C(=O)OCC.CCOC(=O)c1nnn(-c2ccc(C)cc2)c1C(=O)OCC. The molecule has 0 unspecified atom stereocenters. The van der Waals surface area contributed by atoms with Gasteiger partial charge in [-0.2, -0.15) is 0 Å². The summed E-state index contributed by atoms with van der Waals surface area (Å²) in [5, 5.41) is 15.3. The van der Waals surface area contributed by atoms with Crippen molar-refractivity contribution >= 4 is 23.9 Å². The number of nitrogens with zero attached hydrogens (tertiary/aromatic N) is 6. The lowest BCUT2D eigenvalue weighted by molar-refractivity contribution is 0.0469. The van der Waals surface area contributed by atoms with Crippen LogP contribution >= 0.6 is 0 Å². The fourth-order valence-electron chi connectivity index (χ4n) is 3.74. The first-order chi connectivity index (χ1) is 21.2. The minimum atomic E-state index is -0.705. The van der Waals surface area contributed by atoms with E-state index in [0.717, 1.165) is 11.1 Å². The molecule has 2 heterocycles. The van der Waals surface area contributed by atoms with Gasteiger partial charge in [0.1, 0.15) is 0 Å². The maximum atomic E-state index is 12.2. The Labute approximate surface area is 253 Å². The van der Waals surface area contributed by atoms with Crippen molar-refractivity contribution in [2.75, 3.05) is 26.4 Å². The summed E-state index contributed by atoms with van der Waals surface area (Å²) in [6.45, 7) is 11.3. The highest BCUT2D eigenvalue weighted by atomic mass is 16.5. The van der Waals surface area contributed by atoms with Crippen LogP contribution in [0.2, 0.25) is 0 Å². The van der Waals surface area contributed by atoms with Crippen LogP contribution < -0.4 is 0 Å². The van der Waals surface area contributed by atoms with Crippen LogP contribution in [0.3, 0.4) is 0 Å². The standard InChI is InChI=1S/2C15H17N3O4/c2*1-4-21-14(19)12-13(15(20)22-5-2)18(17-16-12)11-8-6-10(3)7-9-11/h2*6-9H,4-5H2,1-3H3. The molecule has 2 aromatic heterocycles. The Morgan fingerprint density at radius 2 is 0.818 bits per heavy atom. The quantitative estimate of drug-likeness (QED) is 0.189. The smallest absolute Gasteiger partial charge is 0.361 e. The van der Waals surface area contributed by atoms with Gasteiger partial charge in [-0.3, -0.25) is 0 Å². The van der Waals surface area contributed by atoms with E-state index in [1.54, 1.807) is 52.0 Å². The van der Waals surface area contributed by atoms with E-state index in [-0.39, 0.29) is 49.2 Å². The Hall–Kier alpha value is -5.40. The van der Waals surface area contributed by atoms with Crippen molar-refractivity contribution < 1.29 is 38.1 Å². The van der Waals surface area contributed by atoms with Crippen molar-refractivity contribution in [2.24, 2.45) is 0 Å². The number of ether oxygens (including phenoxy) is 4. The van der Waals surface area contributed by atoms with E-state index >= 15 is 0 Å². The second-order valence-corrected chi connectivity index (χ2v) is 8.95. The van der Waals surface area contributed by atoms with Gasteiger partial charge in [-0.05, 0) is 65.8 Å². The number of hydrogen-bond acceptors (Lipinski definition) is 12. The van der Waals surface area contributed by atoms with Crippen LogP contribution in [0.15, 0.2) is 48.5 Å². The molecule has 2 aromatic carbocycles. The number of hydrogen-bond donors (Lipinski definition) is 0. The highest BCUT2D eigenvalue weighted by molar-refractivity contribution is 6.01. The van der Waals surface area contributed by atoms with Crippen molar-refractivity contribution in [3.05, 3.63) is 82.4 Å². The van der Waals surface area contributed by atoms with E-state index in [4.69, 9.17) is 18.9 Å². The average Bonchev–Trinajstić information content (AvgIpc) is 3.65. The fraction of sp³-hybridized carbons (Fsp3) is 0.333. The summed E-state index contributed by atoms with van der Waals surface area (Å²) in [7, 11) is 0. The van der Waals surface area contributed by atoms with Crippen LogP contribution in [0.1, 0.15) is 80.8 Å². The molecule has 0 N–H and O–H groups in total. The lowest BCUT2D eigenvalue weighted by Crippen LogP contribution is -2.17. The molecule has 0 saturated carbocycles. The van der Waals surface area contributed by atoms with E-state index < -0.39 is 23.9 Å². The third kappa shape index (κ3) is 7.91. The molecule has 0 saturated heterocycles. The van der Waals surface area contributed by atoms with Crippen LogP contribution in [0.5, 0.6) is 0 Å². The number of esters is 4. The van der Waals surface area contributed by atoms with Crippen molar-refractivity contribution in [1.29, 1.82) is 0 Å². The molecule has 0 aliphatic heterocycles. The number of rotatable bonds is 10. The Kier molecular flexibility index (Phi) is 11.8. The first kappa shape index (κ1) is 33.1. The third-order valence-corrected chi connectivity index (χ3v) is 5.77. The molecule has 0 aliphatic rings. The summed E-state index contributed by atoms with van der Waals surface area (Å²) in [6.07, 6.45) is 0. The van der Waals surface area contributed by atoms with E-state index in [0.29, 0.717) is 11.4 Å². The predicted octanol–water partition coefficient (Wildman–Crippen LogP) is 3.86. The lowest BCUT2D eigenvalue weighted by atomic mass is 10.2. The zero-order chi connectivity index (χ0) is 32.2. The molecule has 14 nitrogen and oxygen atoms in total. The van der Waals surface area contributed by atoms with E-state index in [1.165, 1.54) is 9.36 Å². The van der Waals surface area contributed by atoms with Gasteiger partial charge in [-0.25, -0.2) is 28.5 Å². The highest BCUT2D eigenvalue weighted by Crippen LogP contribution is 2.17. The molecule has 4 rings (SSSR count). The summed E-state index contributed by atoms with van der Waals surface area (Å²) >= 11 is 0. The number of carbonyl (C=O) groups excluding carboxylic acids is 4. The molecular formula is C30H34N6O8. The lowest BCUT2D eigenvalue weighted by Gasteiger charge is -2.07. The molecule has 4 aromatic rings. The number of benzene rings is 2. The summed E-state index contributed by atoms with van der Waals surface area (Å²) in [5.41, 5.74) is 2.96. The normalized spacial score (nSPS) is 10.3. The second-order valence-electron chi connectivity index (χ2n) is 8.95. The van der Waals surface area contributed by atoms with Gasteiger partial charge in [0.05, 0.1) is 37.8 Å². The average molecular weight is 607 g/mol. The second kappa shape index (κ2) is 15.7. The van der Waals surface area contributed by atoms with Gasteiger partial charge >= 0.3 is 23.9 Å². The van der Waals surface area contributed by atoms with Crippen LogP contribution in [-0.4, -0.2) is 80.3 Å². The van der Waals surface area contributed by atoms with E-state index in [1.807, 2.05) is 38.1 Å². The van der Waals surface area contributed by atoms with E-state index in [2.05, 4.69) is 20.6 Å². The molecule has 0 radical (unpaired) electrons. The highest BCUT2D eigenvalue weighted by Gasteiger charge is 2.29. The first-order valence-electron chi connectivity index (χ1n) is 13.9. The van der Waals surface area contributed by atoms with Gasteiger partial charge in [-0.1, -0.05) is 45.8 Å². The maximum Gasteiger partial charge on any atom is 0.361 e. The molecular weight excluding hydrogens is 572 g/mol. The Balaban J connectivity index is 0.000000240. The molecule has 0 atom stereocenters. The molecule has 0 spiro atoms. The van der Waals surface area contributed by atoms with Crippen molar-refractivity contribution in [3.8, 4) is 11.4 Å². The minimum Gasteiger partial charge on any atom is -0.461 e. The van der Waals surface area contributed by atoms with Crippen molar-refractivity contribution in [1.82, 2.24) is 30.0 Å². The first-order valence-corrected chi connectivity index (χ1v) is 13.9. The monoisotopic (exact) mass is 606 g/mol. The van der Waals surface area contributed by atoms with E-state index in [9.17, 15) is 19.2 Å². The zero-order valence-electron chi connectivity index (χ0n) is 25.4. The number of aromatic nitrogens is 6. The summed E-state index contributed by atoms with van der Waals surface area (Å²) < 4.78 is 22.4.